The number of hydrogen-bond acceptors (Lipinski definition) is 2. The van der Waals surface area contributed by atoms with Crippen LogP contribution in [0.5, 0.6) is 0 Å². The zero-order valence-corrected chi connectivity index (χ0v) is 11.9. The number of nitrogens with one attached hydrogen (secondary N) is 1. The average molecular weight is 268 g/mol. The van der Waals surface area contributed by atoms with Gasteiger partial charge in [0.2, 0.25) is 5.91 Å². The van der Waals surface area contributed by atoms with E-state index in [1.54, 1.807) is 0 Å². The lowest BCUT2D eigenvalue weighted by molar-refractivity contribution is -0.125. The summed E-state index contributed by atoms with van der Waals surface area (Å²) in [5, 5.41) is 3.00. The fourth-order valence-corrected chi connectivity index (χ4v) is 2.20. The van der Waals surface area contributed by atoms with E-state index >= 15 is 0 Å². The number of carbonyl (C=O) groups is 1. The molecular formula is C17H20N2O. The first-order valence-electron chi connectivity index (χ1n) is 6.71. The number of amides is 1. The fourth-order valence-electron chi connectivity index (χ4n) is 2.20. The van der Waals surface area contributed by atoms with Gasteiger partial charge in [0.15, 0.2) is 0 Å². The molecule has 0 saturated heterocycles. The van der Waals surface area contributed by atoms with Crippen LogP contribution in [0.1, 0.15) is 17.2 Å². The Morgan fingerprint density at radius 2 is 1.55 bits per heavy atom. The topological polar surface area (TPSA) is 32.3 Å². The fraction of sp³-hybridized carbons (Fsp3) is 0.235. The van der Waals surface area contributed by atoms with Crippen LogP contribution in [0.2, 0.25) is 0 Å². The molecule has 0 aliphatic rings. The Balaban J connectivity index is 2.05. The highest BCUT2D eigenvalue weighted by Crippen LogP contribution is 2.18. The zero-order valence-electron chi connectivity index (χ0n) is 11.9. The lowest BCUT2D eigenvalue weighted by atomic mass is 10.1. The number of benzene rings is 2. The van der Waals surface area contributed by atoms with Gasteiger partial charge in [-0.15, -0.1) is 0 Å². The molecule has 0 aliphatic heterocycles. The molecule has 1 amide bonds. The molecule has 0 aliphatic carbocycles. The normalized spacial score (nSPS) is 12.2. The molecule has 0 saturated carbocycles. The van der Waals surface area contributed by atoms with Gasteiger partial charge in [0.25, 0.3) is 0 Å². The molecule has 1 N–H and O–H groups in total. The molecule has 2 aromatic rings. The van der Waals surface area contributed by atoms with Crippen LogP contribution in [0, 0.1) is 0 Å². The molecule has 2 aromatic carbocycles. The van der Waals surface area contributed by atoms with Gasteiger partial charge in [0, 0.05) is 6.54 Å². The number of hydrogen-bond donors (Lipinski definition) is 1. The summed E-state index contributed by atoms with van der Waals surface area (Å²) < 4.78 is 0. The summed E-state index contributed by atoms with van der Waals surface area (Å²) in [6, 6.07) is 19.5. The summed E-state index contributed by atoms with van der Waals surface area (Å²) in [6.45, 7) is 0.552. The first-order chi connectivity index (χ1) is 9.68. The number of nitrogens with zero attached hydrogens (tertiary/aromatic N) is 1. The molecule has 0 aromatic heterocycles. The first-order valence-corrected chi connectivity index (χ1v) is 6.71. The second kappa shape index (κ2) is 6.87. The molecule has 20 heavy (non-hydrogen) atoms. The Bertz CT molecular complexity index is 537. The minimum absolute atomic E-state index is 0.0186. The molecule has 104 valence electrons. The number of likely N-dealkylation sites (N-methyl/N-ethyl adjacent to an activating group) is 1. The van der Waals surface area contributed by atoms with Crippen molar-refractivity contribution in [2.24, 2.45) is 0 Å². The van der Waals surface area contributed by atoms with Crippen LogP contribution >= 0.6 is 0 Å². The molecule has 3 nitrogen and oxygen atoms in total. The average Bonchev–Trinajstić information content (AvgIpc) is 2.47. The molecule has 3 heteroatoms. The van der Waals surface area contributed by atoms with E-state index < -0.39 is 0 Å². The van der Waals surface area contributed by atoms with Crippen LogP contribution in [0.3, 0.4) is 0 Å². The van der Waals surface area contributed by atoms with Crippen molar-refractivity contribution in [1.29, 1.82) is 0 Å². The van der Waals surface area contributed by atoms with Gasteiger partial charge < -0.3 is 5.32 Å². The van der Waals surface area contributed by atoms with Gasteiger partial charge in [0.05, 0.1) is 0 Å². The summed E-state index contributed by atoms with van der Waals surface area (Å²) in [5.74, 6) is 0.0186. The van der Waals surface area contributed by atoms with Gasteiger partial charge >= 0.3 is 0 Å². The third-order valence-corrected chi connectivity index (χ3v) is 3.19. The third kappa shape index (κ3) is 3.68. The van der Waals surface area contributed by atoms with Crippen molar-refractivity contribution in [3.63, 3.8) is 0 Å². The standard InChI is InChI=1S/C17H20N2O/c1-19(2)16(15-11-7-4-8-12-15)17(20)18-13-14-9-5-3-6-10-14/h3-12,16H,13H2,1-2H3,(H,18,20). The van der Waals surface area contributed by atoms with Crippen molar-refractivity contribution < 1.29 is 4.79 Å². The van der Waals surface area contributed by atoms with E-state index in [-0.39, 0.29) is 11.9 Å². The van der Waals surface area contributed by atoms with Crippen molar-refractivity contribution in [1.82, 2.24) is 10.2 Å². The minimum atomic E-state index is -0.264. The monoisotopic (exact) mass is 268 g/mol. The van der Waals surface area contributed by atoms with Crippen LogP contribution in [0.25, 0.3) is 0 Å². The Kier molecular flexibility index (Phi) is 4.91. The summed E-state index contributed by atoms with van der Waals surface area (Å²) in [5.41, 5.74) is 2.11. The van der Waals surface area contributed by atoms with Gasteiger partial charge in [-0.1, -0.05) is 60.7 Å². The highest BCUT2D eigenvalue weighted by molar-refractivity contribution is 5.83. The molecule has 0 heterocycles. The molecule has 0 fully saturated rings. The van der Waals surface area contributed by atoms with E-state index in [9.17, 15) is 4.79 Å². The second-order valence-electron chi connectivity index (χ2n) is 4.98. The lowest BCUT2D eigenvalue weighted by Gasteiger charge is -2.23. The van der Waals surface area contributed by atoms with Gasteiger partial charge in [0.1, 0.15) is 6.04 Å². The molecule has 1 atom stereocenters. The van der Waals surface area contributed by atoms with Crippen LogP contribution < -0.4 is 5.32 Å². The second-order valence-corrected chi connectivity index (χ2v) is 4.98. The Morgan fingerprint density at radius 3 is 2.10 bits per heavy atom. The van der Waals surface area contributed by atoms with Crippen LogP contribution in [0.15, 0.2) is 60.7 Å². The summed E-state index contributed by atoms with van der Waals surface area (Å²) >= 11 is 0. The maximum atomic E-state index is 12.4. The van der Waals surface area contributed by atoms with Crippen LogP contribution in [-0.2, 0) is 11.3 Å². The van der Waals surface area contributed by atoms with E-state index in [0.29, 0.717) is 6.54 Å². The van der Waals surface area contributed by atoms with Crippen molar-refractivity contribution in [2.45, 2.75) is 12.6 Å². The van der Waals surface area contributed by atoms with E-state index in [1.807, 2.05) is 79.7 Å². The van der Waals surface area contributed by atoms with Crippen molar-refractivity contribution in [3.05, 3.63) is 71.8 Å². The van der Waals surface area contributed by atoms with Crippen molar-refractivity contribution >= 4 is 5.91 Å². The van der Waals surface area contributed by atoms with Gasteiger partial charge in [-0.3, -0.25) is 9.69 Å². The maximum Gasteiger partial charge on any atom is 0.242 e. The van der Waals surface area contributed by atoms with Gasteiger partial charge in [-0.2, -0.15) is 0 Å². The van der Waals surface area contributed by atoms with Crippen LogP contribution in [0.4, 0.5) is 0 Å². The number of rotatable bonds is 5. The first kappa shape index (κ1) is 14.3. The van der Waals surface area contributed by atoms with Crippen molar-refractivity contribution in [3.8, 4) is 0 Å². The molecule has 0 bridgehead atoms. The SMILES string of the molecule is CN(C)C(C(=O)NCc1ccccc1)c1ccccc1. The summed E-state index contributed by atoms with van der Waals surface area (Å²) in [6.07, 6.45) is 0. The Labute approximate surface area is 120 Å². The molecular weight excluding hydrogens is 248 g/mol. The zero-order chi connectivity index (χ0) is 14.4. The molecule has 2 rings (SSSR count). The number of carbonyl (C=O) groups excluding carboxylic acids is 1. The molecule has 1 unspecified atom stereocenters. The highest BCUT2D eigenvalue weighted by Gasteiger charge is 2.22. The highest BCUT2D eigenvalue weighted by atomic mass is 16.2. The van der Waals surface area contributed by atoms with E-state index in [4.69, 9.17) is 0 Å². The Morgan fingerprint density at radius 1 is 1.00 bits per heavy atom. The van der Waals surface area contributed by atoms with Crippen LogP contribution in [-0.4, -0.2) is 24.9 Å². The van der Waals surface area contributed by atoms with Crippen molar-refractivity contribution in [2.75, 3.05) is 14.1 Å². The van der Waals surface area contributed by atoms with E-state index in [1.165, 1.54) is 0 Å². The predicted octanol–water partition coefficient (Wildman–Crippen LogP) is 2.61. The Hall–Kier alpha value is -2.13. The van der Waals surface area contributed by atoms with E-state index in [0.717, 1.165) is 11.1 Å². The molecule has 0 radical (unpaired) electrons. The molecule has 0 spiro atoms. The smallest absolute Gasteiger partial charge is 0.242 e. The quantitative estimate of drug-likeness (QED) is 0.904. The maximum absolute atomic E-state index is 12.4. The summed E-state index contributed by atoms with van der Waals surface area (Å²) in [4.78, 5) is 14.3. The predicted molar refractivity (Wildman–Crippen MR) is 81.2 cm³/mol. The minimum Gasteiger partial charge on any atom is -0.350 e. The van der Waals surface area contributed by atoms with Gasteiger partial charge in [-0.05, 0) is 25.2 Å². The lowest BCUT2D eigenvalue weighted by Crippen LogP contribution is -2.36. The third-order valence-electron chi connectivity index (χ3n) is 3.19. The van der Waals surface area contributed by atoms with E-state index in [2.05, 4.69) is 5.32 Å². The summed E-state index contributed by atoms with van der Waals surface area (Å²) in [7, 11) is 3.83. The largest absolute Gasteiger partial charge is 0.350 e. The van der Waals surface area contributed by atoms with Gasteiger partial charge in [-0.25, -0.2) is 0 Å².